The van der Waals surface area contributed by atoms with Gasteiger partial charge in [0.1, 0.15) is 6.54 Å². The zero-order valence-corrected chi connectivity index (χ0v) is 12.4. The smallest absolute Gasteiger partial charge is 0.242 e. The molecule has 2 rings (SSSR count). The Morgan fingerprint density at radius 2 is 1.90 bits per heavy atom. The molecule has 0 spiro atoms. The third-order valence-corrected chi connectivity index (χ3v) is 4.59. The van der Waals surface area contributed by atoms with Crippen LogP contribution in [-0.4, -0.2) is 60.2 Å². The van der Waals surface area contributed by atoms with E-state index in [1.165, 1.54) is 0 Å². The molecule has 0 aliphatic carbocycles. The minimum Gasteiger partial charge on any atom is -0.339 e. The lowest BCUT2D eigenvalue weighted by Gasteiger charge is -2.30. The monoisotopic (exact) mass is 281 g/mol. The van der Waals surface area contributed by atoms with Gasteiger partial charge in [0.05, 0.1) is 5.41 Å². The molecule has 2 fully saturated rings. The Balaban J connectivity index is 2.04. The largest absolute Gasteiger partial charge is 0.339 e. The second-order valence-corrected chi connectivity index (χ2v) is 6.16. The zero-order chi connectivity index (χ0) is 14.9. The summed E-state index contributed by atoms with van der Waals surface area (Å²) in [5.41, 5.74) is -0.666. The van der Waals surface area contributed by atoms with E-state index < -0.39 is 5.41 Å². The molecule has 1 unspecified atom stereocenters. The molecule has 20 heavy (non-hydrogen) atoms. The lowest BCUT2D eigenvalue weighted by atomic mass is 9.78. The van der Waals surface area contributed by atoms with Gasteiger partial charge in [0.2, 0.25) is 17.7 Å². The van der Waals surface area contributed by atoms with Crippen LogP contribution in [0.4, 0.5) is 0 Å². The van der Waals surface area contributed by atoms with E-state index in [4.69, 9.17) is 0 Å². The van der Waals surface area contributed by atoms with E-state index in [0.29, 0.717) is 13.1 Å². The number of piperazine rings is 1. The first kappa shape index (κ1) is 15.0. The average Bonchev–Trinajstić information content (AvgIpc) is 2.64. The molecule has 2 saturated heterocycles. The first-order chi connectivity index (χ1) is 9.36. The SMILES string of the molecule is CC(C)C1(C)CC(=O)N(CC(=O)N2CCNCC2)C1=O. The van der Waals surface area contributed by atoms with E-state index in [1.807, 2.05) is 20.8 Å². The maximum Gasteiger partial charge on any atom is 0.242 e. The van der Waals surface area contributed by atoms with Crippen molar-refractivity contribution in [1.82, 2.24) is 15.1 Å². The standard InChI is InChI=1S/C14H23N3O3/c1-10(2)14(3)8-11(18)17(13(14)20)9-12(19)16-6-4-15-5-7-16/h10,15H,4-9H2,1-3H3. The van der Waals surface area contributed by atoms with Crippen LogP contribution in [-0.2, 0) is 14.4 Å². The quantitative estimate of drug-likeness (QED) is 0.730. The van der Waals surface area contributed by atoms with Gasteiger partial charge >= 0.3 is 0 Å². The van der Waals surface area contributed by atoms with Crippen LogP contribution in [0.1, 0.15) is 27.2 Å². The van der Waals surface area contributed by atoms with Gasteiger partial charge in [-0.25, -0.2) is 0 Å². The molecule has 3 amide bonds. The number of carbonyl (C=O) groups is 3. The van der Waals surface area contributed by atoms with Crippen molar-refractivity contribution in [2.45, 2.75) is 27.2 Å². The van der Waals surface area contributed by atoms with Crippen molar-refractivity contribution in [2.24, 2.45) is 11.3 Å². The van der Waals surface area contributed by atoms with Crippen LogP contribution in [0.3, 0.4) is 0 Å². The van der Waals surface area contributed by atoms with E-state index in [0.717, 1.165) is 18.0 Å². The van der Waals surface area contributed by atoms with Crippen LogP contribution in [0, 0.1) is 11.3 Å². The van der Waals surface area contributed by atoms with Crippen molar-refractivity contribution in [3.05, 3.63) is 0 Å². The topological polar surface area (TPSA) is 69.7 Å². The van der Waals surface area contributed by atoms with Gasteiger partial charge < -0.3 is 10.2 Å². The third-order valence-electron chi connectivity index (χ3n) is 4.59. The molecule has 2 aliphatic rings. The highest BCUT2D eigenvalue weighted by Crippen LogP contribution is 2.39. The maximum absolute atomic E-state index is 12.4. The summed E-state index contributed by atoms with van der Waals surface area (Å²) in [6, 6.07) is 0. The first-order valence-electron chi connectivity index (χ1n) is 7.19. The van der Waals surface area contributed by atoms with Crippen molar-refractivity contribution in [3.8, 4) is 0 Å². The second-order valence-electron chi connectivity index (χ2n) is 6.16. The Hall–Kier alpha value is -1.43. The summed E-state index contributed by atoms with van der Waals surface area (Å²) in [7, 11) is 0. The predicted octanol–water partition coefficient (Wildman–Crippen LogP) is -0.161. The van der Waals surface area contributed by atoms with E-state index in [2.05, 4.69) is 5.32 Å². The highest BCUT2D eigenvalue weighted by atomic mass is 16.2. The lowest BCUT2D eigenvalue weighted by molar-refractivity contribution is -0.148. The Morgan fingerprint density at radius 1 is 1.30 bits per heavy atom. The Kier molecular flexibility index (Phi) is 4.13. The number of hydrogen-bond acceptors (Lipinski definition) is 4. The Bertz CT molecular complexity index is 429. The summed E-state index contributed by atoms with van der Waals surface area (Å²) < 4.78 is 0. The molecule has 1 N–H and O–H groups in total. The highest BCUT2D eigenvalue weighted by Gasteiger charge is 2.50. The predicted molar refractivity (Wildman–Crippen MR) is 73.7 cm³/mol. The number of nitrogens with one attached hydrogen (secondary N) is 1. The van der Waals surface area contributed by atoms with E-state index in [1.54, 1.807) is 4.90 Å². The van der Waals surface area contributed by atoms with Crippen LogP contribution in [0.5, 0.6) is 0 Å². The molecule has 0 radical (unpaired) electrons. The van der Waals surface area contributed by atoms with Crippen molar-refractivity contribution in [3.63, 3.8) is 0 Å². The van der Waals surface area contributed by atoms with Gasteiger partial charge in [-0.2, -0.15) is 0 Å². The van der Waals surface area contributed by atoms with Crippen molar-refractivity contribution < 1.29 is 14.4 Å². The van der Waals surface area contributed by atoms with Crippen molar-refractivity contribution >= 4 is 17.7 Å². The highest BCUT2D eigenvalue weighted by molar-refractivity contribution is 6.07. The van der Waals surface area contributed by atoms with Gasteiger partial charge in [0.25, 0.3) is 0 Å². The molecule has 6 nitrogen and oxygen atoms in total. The molecule has 0 aromatic rings. The zero-order valence-electron chi connectivity index (χ0n) is 12.4. The van der Waals surface area contributed by atoms with Crippen molar-refractivity contribution in [1.29, 1.82) is 0 Å². The van der Waals surface area contributed by atoms with Crippen LogP contribution in [0.25, 0.3) is 0 Å². The summed E-state index contributed by atoms with van der Waals surface area (Å²) in [5.74, 6) is -0.491. The molecule has 0 aromatic heterocycles. The third kappa shape index (κ3) is 2.57. The van der Waals surface area contributed by atoms with E-state index in [9.17, 15) is 14.4 Å². The maximum atomic E-state index is 12.4. The Morgan fingerprint density at radius 3 is 2.40 bits per heavy atom. The average molecular weight is 281 g/mol. The molecule has 0 bridgehead atoms. The van der Waals surface area contributed by atoms with Crippen LogP contribution in [0.2, 0.25) is 0 Å². The van der Waals surface area contributed by atoms with Crippen molar-refractivity contribution in [2.75, 3.05) is 32.7 Å². The summed E-state index contributed by atoms with van der Waals surface area (Å²) >= 11 is 0. The van der Waals surface area contributed by atoms with Crippen LogP contribution in [0.15, 0.2) is 0 Å². The fraction of sp³-hybridized carbons (Fsp3) is 0.786. The fourth-order valence-corrected chi connectivity index (χ4v) is 2.67. The molecule has 2 heterocycles. The molecule has 1 atom stereocenters. The van der Waals surface area contributed by atoms with E-state index in [-0.39, 0.29) is 36.6 Å². The van der Waals surface area contributed by atoms with Gasteiger partial charge in [-0.3, -0.25) is 19.3 Å². The minimum absolute atomic E-state index is 0.0817. The molecule has 0 saturated carbocycles. The van der Waals surface area contributed by atoms with Gasteiger partial charge in [0.15, 0.2) is 0 Å². The molecule has 2 aliphatic heterocycles. The summed E-state index contributed by atoms with van der Waals surface area (Å²) in [5, 5.41) is 3.17. The minimum atomic E-state index is -0.666. The number of imide groups is 1. The number of nitrogens with zero attached hydrogens (tertiary/aromatic N) is 2. The summed E-state index contributed by atoms with van der Waals surface area (Å²) in [6.45, 7) is 8.37. The van der Waals surface area contributed by atoms with Gasteiger partial charge in [-0.1, -0.05) is 13.8 Å². The number of carbonyl (C=O) groups excluding carboxylic acids is 3. The molecular weight excluding hydrogens is 258 g/mol. The first-order valence-corrected chi connectivity index (χ1v) is 7.19. The number of amides is 3. The lowest BCUT2D eigenvalue weighted by Crippen LogP contribution is -2.50. The van der Waals surface area contributed by atoms with Gasteiger partial charge in [-0.15, -0.1) is 0 Å². The number of rotatable bonds is 3. The van der Waals surface area contributed by atoms with E-state index >= 15 is 0 Å². The summed E-state index contributed by atoms with van der Waals surface area (Å²) in [6.07, 6.45) is 0.207. The second kappa shape index (κ2) is 5.52. The number of likely N-dealkylation sites (tertiary alicyclic amines) is 1. The fourth-order valence-electron chi connectivity index (χ4n) is 2.67. The number of hydrogen-bond donors (Lipinski definition) is 1. The van der Waals surface area contributed by atoms with Gasteiger partial charge in [-0.05, 0) is 12.8 Å². The normalized spacial score (nSPS) is 27.6. The van der Waals surface area contributed by atoms with Crippen LogP contribution >= 0.6 is 0 Å². The van der Waals surface area contributed by atoms with Crippen LogP contribution < -0.4 is 5.32 Å². The molecule has 0 aromatic carbocycles. The summed E-state index contributed by atoms with van der Waals surface area (Å²) in [4.78, 5) is 39.5. The molecular formula is C14H23N3O3. The molecule has 112 valence electrons. The Labute approximate surface area is 119 Å². The van der Waals surface area contributed by atoms with Gasteiger partial charge in [0, 0.05) is 32.6 Å². The molecule has 6 heteroatoms.